The third-order valence-electron chi connectivity index (χ3n) is 5.06. The maximum atomic E-state index is 14.1. The molecular weight excluding hydrogens is 351 g/mol. The summed E-state index contributed by atoms with van der Waals surface area (Å²) in [6, 6.07) is 18.7. The second-order valence-electron chi connectivity index (χ2n) is 6.95. The van der Waals surface area contributed by atoms with Crippen molar-refractivity contribution in [1.82, 2.24) is 9.97 Å². The number of benzene rings is 2. The Morgan fingerprint density at radius 1 is 0.857 bits per heavy atom. The van der Waals surface area contributed by atoms with Crippen molar-refractivity contribution < 1.29 is 8.81 Å². The number of aryl methyl sites for hydroxylation is 2. The van der Waals surface area contributed by atoms with Crippen LogP contribution in [0, 0.1) is 19.7 Å². The lowest BCUT2D eigenvalue weighted by atomic mass is 10.00. The first kappa shape index (κ1) is 16.6. The Hall–Kier alpha value is -3.53. The number of furan rings is 1. The number of hydrogen-bond acceptors (Lipinski definition) is 3. The molecule has 0 radical (unpaired) electrons. The smallest absolute Gasteiger partial charge is 0.227 e. The number of rotatable bonds is 2. The minimum atomic E-state index is -0.255. The van der Waals surface area contributed by atoms with Crippen molar-refractivity contribution in [1.29, 1.82) is 0 Å². The van der Waals surface area contributed by atoms with Crippen LogP contribution in [0.2, 0.25) is 0 Å². The second kappa shape index (κ2) is 6.27. The first-order valence-electron chi connectivity index (χ1n) is 9.12. The molecule has 0 saturated heterocycles. The Labute approximate surface area is 161 Å². The Balaban J connectivity index is 1.69. The van der Waals surface area contributed by atoms with E-state index in [4.69, 9.17) is 4.42 Å². The predicted octanol–water partition coefficient (Wildman–Crippen LogP) is 6.47. The van der Waals surface area contributed by atoms with Crippen molar-refractivity contribution >= 4 is 22.1 Å². The lowest BCUT2D eigenvalue weighted by Crippen LogP contribution is -1.90. The molecule has 0 spiro atoms. The van der Waals surface area contributed by atoms with Gasteiger partial charge in [-0.3, -0.25) is 4.98 Å². The van der Waals surface area contributed by atoms with Gasteiger partial charge in [-0.05, 0) is 43.7 Å². The lowest BCUT2D eigenvalue weighted by molar-refractivity contribution is 0.631. The first-order valence-corrected chi connectivity index (χ1v) is 9.12. The highest BCUT2D eigenvalue weighted by atomic mass is 19.1. The minimum absolute atomic E-state index is 0.255. The van der Waals surface area contributed by atoms with E-state index in [1.807, 2.05) is 44.2 Å². The Bertz CT molecular complexity index is 1340. The fourth-order valence-electron chi connectivity index (χ4n) is 3.63. The van der Waals surface area contributed by atoms with E-state index in [2.05, 4.69) is 22.1 Å². The molecule has 3 nitrogen and oxygen atoms in total. The average molecular weight is 368 g/mol. The zero-order valence-electron chi connectivity index (χ0n) is 15.5. The summed E-state index contributed by atoms with van der Waals surface area (Å²) < 4.78 is 20.2. The third kappa shape index (κ3) is 2.57. The summed E-state index contributed by atoms with van der Waals surface area (Å²) in [4.78, 5) is 9.13. The van der Waals surface area contributed by atoms with Gasteiger partial charge < -0.3 is 4.42 Å². The second-order valence-corrected chi connectivity index (χ2v) is 6.95. The lowest BCUT2D eigenvalue weighted by Gasteiger charge is -2.08. The molecule has 136 valence electrons. The summed E-state index contributed by atoms with van der Waals surface area (Å²) >= 11 is 0. The van der Waals surface area contributed by atoms with Gasteiger partial charge in [0.25, 0.3) is 0 Å². The summed E-state index contributed by atoms with van der Waals surface area (Å²) in [6.45, 7) is 3.98. The van der Waals surface area contributed by atoms with Gasteiger partial charge in [0.1, 0.15) is 11.4 Å². The average Bonchev–Trinajstić information content (AvgIpc) is 3.06. The van der Waals surface area contributed by atoms with Crippen LogP contribution in [0.5, 0.6) is 0 Å². The van der Waals surface area contributed by atoms with E-state index in [1.165, 1.54) is 6.07 Å². The third-order valence-corrected chi connectivity index (χ3v) is 5.06. The normalized spacial score (nSPS) is 11.4. The SMILES string of the molecule is Cc1ccc2c(n1)oc1c(-c3ccc(-c4ccccc4F)cn3)c(C)ccc12. The predicted molar refractivity (Wildman–Crippen MR) is 110 cm³/mol. The number of pyridine rings is 2. The zero-order chi connectivity index (χ0) is 19.3. The summed E-state index contributed by atoms with van der Waals surface area (Å²) in [5.74, 6) is -0.255. The van der Waals surface area contributed by atoms with Gasteiger partial charge >= 0.3 is 0 Å². The number of aromatic nitrogens is 2. The van der Waals surface area contributed by atoms with Crippen LogP contribution in [0.4, 0.5) is 4.39 Å². The molecule has 0 amide bonds. The van der Waals surface area contributed by atoms with Gasteiger partial charge in [-0.2, -0.15) is 0 Å². The fourth-order valence-corrected chi connectivity index (χ4v) is 3.63. The topological polar surface area (TPSA) is 38.9 Å². The van der Waals surface area contributed by atoms with Gasteiger partial charge in [0, 0.05) is 39.4 Å². The van der Waals surface area contributed by atoms with Crippen molar-refractivity contribution in [2.24, 2.45) is 0 Å². The highest BCUT2D eigenvalue weighted by Crippen LogP contribution is 2.37. The van der Waals surface area contributed by atoms with Crippen molar-refractivity contribution in [2.45, 2.75) is 13.8 Å². The van der Waals surface area contributed by atoms with E-state index in [0.29, 0.717) is 11.3 Å². The van der Waals surface area contributed by atoms with Gasteiger partial charge in [-0.25, -0.2) is 9.37 Å². The van der Waals surface area contributed by atoms with Gasteiger partial charge in [-0.1, -0.05) is 36.4 Å². The van der Waals surface area contributed by atoms with Crippen molar-refractivity contribution in [3.05, 3.63) is 83.9 Å². The van der Waals surface area contributed by atoms with Crippen LogP contribution in [0.3, 0.4) is 0 Å². The molecule has 0 aliphatic heterocycles. The summed E-state index contributed by atoms with van der Waals surface area (Å²) in [5, 5.41) is 2.01. The van der Waals surface area contributed by atoms with Crippen molar-refractivity contribution in [2.75, 3.05) is 0 Å². The number of halogens is 1. The molecule has 0 saturated carbocycles. The molecule has 3 aromatic heterocycles. The molecule has 5 rings (SSSR count). The highest BCUT2D eigenvalue weighted by molar-refractivity contribution is 6.09. The largest absolute Gasteiger partial charge is 0.437 e. The molecule has 0 bridgehead atoms. The van der Waals surface area contributed by atoms with E-state index < -0.39 is 0 Å². The zero-order valence-corrected chi connectivity index (χ0v) is 15.5. The monoisotopic (exact) mass is 368 g/mol. The number of hydrogen-bond donors (Lipinski definition) is 0. The molecule has 0 aliphatic carbocycles. The molecule has 0 N–H and O–H groups in total. The Kier molecular flexibility index (Phi) is 3.72. The maximum absolute atomic E-state index is 14.1. The highest BCUT2D eigenvalue weighted by Gasteiger charge is 2.16. The van der Waals surface area contributed by atoms with E-state index in [9.17, 15) is 4.39 Å². The Morgan fingerprint density at radius 2 is 1.68 bits per heavy atom. The van der Waals surface area contributed by atoms with Crippen LogP contribution in [-0.4, -0.2) is 9.97 Å². The fraction of sp³-hybridized carbons (Fsp3) is 0.0833. The van der Waals surface area contributed by atoms with Crippen molar-refractivity contribution in [3.8, 4) is 22.4 Å². The molecule has 28 heavy (non-hydrogen) atoms. The number of fused-ring (bicyclic) bond motifs is 3. The maximum Gasteiger partial charge on any atom is 0.227 e. The van der Waals surface area contributed by atoms with Crippen LogP contribution in [0.1, 0.15) is 11.3 Å². The summed E-state index contributed by atoms with van der Waals surface area (Å²) in [6.07, 6.45) is 1.71. The molecule has 0 unspecified atom stereocenters. The van der Waals surface area contributed by atoms with E-state index >= 15 is 0 Å². The van der Waals surface area contributed by atoms with Crippen LogP contribution in [0.15, 0.2) is 71.3 Å². The van der Waals surface area contributed by atoms with Gasteiger partial charge in [0.05, 0.1) is 5.69 Å². The van der Waals surface area contributed by atoms with Gasteiger partial charge in [-0.15, -0.1) is 0 Å². The summed E-state index contributed by atoms with van der Waals surface area (Å²) in [7, 11) is 0. The molecule has 4 heteroatoms. The van der Waals surface area contributed by atoms with Gasteiger partial charge in [0.2, 0.25) is 5.71 Å². The van der Waals surface area contributed by atoms with E-state index in [0.717, 1.165) is 44.4 Å². The number of nitrogens with zero attached hydrogens (tertiary/aromatic N) is 2. The Morgan fingerprint density at radius 3 is 2.46 bits per heavy atom. The van der Waals surface area contributed by atoms with E-state index in [1.54, 1.807) is 18.3 Å². The summed E-state index contributed by atoms with van der Waals surface area (Å²) in [5.41, 5.74) is 6.40. The molecule has 2 aromatic carbocycles. The molecule has 0 aliphatic rings. The quantitative estimate of drug-likeness (QED) is 0.359. The van der Waals surface area contributed by atoms with Crippen LogP contribution in [-0.2, 0) is 0 Å². The standard InChI is InChI=1S/C24H17FN2O/c1-14-7-10-18-19-11-8-15(2)27-24(19)28-23(18)22(14)21-12-9-16(13-26-21)17-5-3-4-6-20(17)25/h3-13H,1-2H3. The molecule has 0 fully saturated rings. The van der Waals surface area contributed by atoms with Crippen LogP contribution >= 0.6 is 0 Å². The molecule has 3 heterocycles. The minimum Gasteiger partial charge on any atom is -0.437 e. The van der Waals surface area contributed by atoms with Crippen LogP contribution in [0.25, 0.3) is 44.5 Å². The molecule has 0 atom stereocenters. The van der Waals surface area contributed by atoms with Gasteiger partial charge in [0.15, 0.2) is 0 Å². The molecule has 5 aromatic rings. The first-order chi connectivity index (χ1) is 13.6. The molecular formula is C24H17FN2O. The van der Waals surface area contributed by atoms with Crippen LogP contribution < -0.4 is 0 Å². The van der Waals surface area contributed by atoms with Crippen molar-refractivity contribution in [3.63, 3.8) is 0 Å². The van der Waals surface area contributed by atoms with E-state index in [-0.39, 0.29) is 5.82 Å².